The Morgan fingerprint density at radius 2 is 1.00 bits per heavy atom. The first kappa shape index (κ1) is 25.2. The van der Waals surface area contributed by atoms with Crippen LogP contribution in [0.1, 0.15) is 10.4 Å². The number of hydrogen-bond acceptors (Lipinski definition) is 5. The van der Waals surface area contributed by atoms with E-state index in [9.17, 15) is 17.8 Å². The zero-order valence-corrected chi connectivity index (χ0v) is 20.0. The minimum absolute atomic E-state index is 0.0146. The molecule has 5 nitrogen and oxygen atoms in total. The van der Waals surface area contributed by atoms with E-state index >= 15 is 0 Å². The molecule has 174 valence electrons. The van der Waals surface area contributed by atoms with E-state index in [4.69, 9.17) is 0 Å². The van der Waals surface area contributed by atoms with E-state index in [1.54, 1.807) is 18.2 Å². The van der Waals surface area contributed by atoms with Crippen LogP contribution < -0.4 is 0 Å². The van der Waals surface area contributed by atoms with E-state index in [1.165, 1.54) is 26.8 Å². The fourth-order valence-corrected chi connectivity index (χ4v) is 5.36. The molecule has 0 aliphatic heterocycles. The van der Waals surface area contributed by atoms with Gasteiger partial charge in [0.2, 0.25) is 0 Å². The van der Waals surface area contributed by atoms with Gasteiger partial charge >= 0.3 is 5.97 Å². The van der Waals surface area contributed by atoms with Gasteiger partial charge in [-0.25, -0.2) is 13.2 Å². The van der Waals surface area contributed by atoms with Crippen molar-refractivity contribution in [2.45, 2.75) is 14.7 Å². The standard InChI is InChI=1S/C18H15S.C9H10O5S/c1-4-10-16(11-5-1)19(17-12-6-2-7-13-17)18-14-8-3-9-15-18;10-9(8-4-2-1-3-5-8)14-6-7-15(11,12)13/h1-15H;1-5H,6-7H2,(H,11,12,13)/q+1;/p-1. The van der Waals surface area contributed by atoms with Gasteiger partial charge in [-0.3, -0.25) is 0 Å². The van der Waals surface area contributed by atoms with Crippen LogP contribution in [0.5, 0.6) is 0 Å². The molecule has 4 aromatic carbocycles. The summed E-state index contributed by atoms with van der Waals surface area (Å²) in [5, 5.41) is 0. The van der Waals surface area contributed by atoms with E-state index in [1.807, 2.05) is 0 Å². The van der Waals surface area contributed by atoms with E-state index in [2.05, 4.69) is 95.7 Å². The first-order valence-electron chi connectivity index (χ1n) is 10.5. The lowest BCUT2D eigenvalue weighted by Crippen LogP contribution is -2.14. The van der Waals surface area contributed by atoms with Crippen LogP contribution in [0.2, 0.25) is 0 Å². The van der Waals surface area contributed by atoms with Crippen LogP contribution in [0.4, 0.5) is 0 Å². The Morgan fingerprint density at radius 3 is 1.35 bits per heavy atom. The molecule has 0 aliphatic carbocycles. The molecule has 0 spiro atoms. The number of benzene rings is 4. The van der Waals surface area contributed by atoms with Gasteiger partial charge in [-0.05, 0) is 48.5 Å². The Balaban J connectivity index is 0.000000197. The Bertz CT molecular complexity index is 1150. The molecule has 4 rings (SSSR count). The number of hydrogen-bond donors (Lipinski definition) is 0. The van der Waals surface area contributed by atoms with Crippen molar-refractivity contribution in [1.29, 1.82) is 0 Å². The topological polar surface area (TPSA) is 83.5 Å². The SMILES string of the molecule is O=C(OCCS(=O)(=O)[O-])c1ccccc1.c1ccc([S+](c2ccccc2)c2ccccc2)cc1. The molecule has 0 fully saturated rings. The highest BCUT2D eigenvalue weighted by Gasteiger charge is 2.27. The summed E-state index contributed by atoms with van der Waals surface area (Å²) in [7, 11) is -4.34. The Hall–Kier alpha value is -3.39. The van der Waals surface area contributed by atoms with Gasteiger partial charge in [0.15, 0.2) is 14.7 Å². The molecule has 34 heavy (non-hydrogen) atoms. The summed E-state index contributed by atoms with van der Waals surface area (Å²) in [5.41, 5.74) is 0.320. The fraction of sp³-hybridized carbons (Fsp3) is 0.0741. The lowest BCUT2D eigenvalue weighted by molar-refractivity contribution is 0.0528. The van der Waals surface area contributed by atoms with Gasteiger partial charge in [-0.15, -0.1) is 0 Å². The zero-order chi connectivity index (χ0) is 24.2. The highest BCUT2D eigenvalue weighted by Crippen LogP contribution is 2.30. The van der Waals surface area contributed by atoms with E-state index in [-0.39, 0.29) is 10.9 Å². The molecule has 0 aliphatic rings. The second-order valence-corrected chi connectivity index (χ2v) is 10.6. The predicted octanol–water partition coefficient (Wildman–Crippen LogP) is 5.17. The molecule has 0 radical (unpaired) electrons. The number of carbonyl (C=O) groups excluding carboxylic acids is 1. The largest absolute Gasteiger partial charge is 0.748 e. The van der Waals surface area contributed by atoms with Crippen molar-refractivity contribution < 1.29 is 22.5 Å². The highest BCUT2D eigenvalue weighted by molar-refractivity contribution is 7.97. The Morgan fingerprint density at radius 1 is 0.647 bits per heavy atom. The summed E-state index contributed by atoms with van der Waals surface area (Å²) >= 11 is 0. The maximum atomic E-state index is 11.2. The van der Waals surface area contributed by atoms with Crippen LogP contribution in [0.15, 0.2) is 136 Å². The summed E-state index contributed by atoms with van der Waals surface area (Å²) in [4.78, 5) is 15.3. The zero-order valence-electron chi connectivity index (χ0n) is 18.3. The molecule has 0 bridgehead atoms. The van der Waals surface area contributed by atoms with Crippen LogP contribution in [-0.4, -0.2) is 31.3 Å². The van der Waals surface area contributed by atoms with Crippen LogP contribution >= 0.6 is 0 Å². The van der Waals surface area contributed by atoms with Crippen molar-refractivity contribution in [2.75, 3.05) is 12.4 Å². The molecule has 0 unspecified atom stereocenters. The van der Waals surface area contributed by atoms with Gasteiger partial charge in [0.25, 0.3) is 0 Å². The maximum absolute atomic E-state index is 11.2. The third-order valence-corrected chi connectivity index (χ3v) is 7.41. The first-order chi connectivity index (χ1) is 16.4. The van der Waals surface area contributed by atoms with Crippen LogP contribution in [-0.2, 0) is 25.7 Å². The van der Waals surface area contributed by atoms with Gasteiger partial charge in [0.1, 0.15) is 6.61 Å². The Kier molecular flexibility index (Phi) is 9.46. The predicted molar refractivity (Wildman–Crippen MR) is 133 cm³/mol. The molecule has 0 saturated carbocycles. The molecular weight excluding hydrogens is 468 g/mol. The summed E-state index contributed by atoms with van der Waals surface area (Å²) < 4.78 is 35.2. The van der Waals surface area contributed by atoms with Crippen molar-refractivity contribution >= 4 is 27.0 Å². The number of ether oxygens (including phenoxy) is 1. The molecule has 0 saturated heterocycles. The van der Waals surface area contributed by atoms with Crippen molar-refractivity contribution in [1.82, 2.24) is 0 Å². The van der Waals surface area contributed by atoms with Gasteiger partial charge < -0.3 is 9.29 Å². The number of carbonyl (C=O) groups is 1. The summed E-state index contributed by atoms with van der Waals surface area (Å²) in [6.07, 6.45) is 0. The molecule has 0 atom stereocenters. The number of rotatable bonds is 7. The lowest BCUT2D eigenvalue weighted by Gasteiger charge is -2.07. The normalized spacial score (nSPS) is 10.8. The third-order valence-electron chi connectivity index (χ3n) is 4.51. The fourth-order valence-electron chi connectivity index (χ4n) is 2.97. The molecule has 0 N–H and O–H groups in total. The molecule has 0 amide bonds. The maximum Gasteiger partial charge on any atom is 0.338 e. The Labute approximate surface area is 203 Å². The van der Waals surface area contributed by atoms with E-state index < -0.39 is 28.4 Å². The first-order valence-corrected chi connectivity index (χ1v) is 13.3. The quantitative estimate of drug-likeness (QED) is 0.202. The average Bonchev–Trinajstić information content (AvgIpc) is 2.86. The smallest absolute Gasteiger partial charge is 0.338 e. The van der Waals surface area contributed by atoms with Crippen molar-refractivity contribution in [3.63, 3.8) is 0 Å². The van der Waals surface area contributed by atoms with Crippen molar-refractivity contribution in [3.8, 4) is 0 Å². The van der Waals surface area contributed by atoms with Crippen molar-refractivity contribution in [2.24, 2.45) is 0 Å². The average molecular weight is 493 g/mol. The van der Waals surface area contributed by atoms with E-state index in [0.717, 1.165) is 0 Å². The molecule has 0 aromatic heterocycles. The van der Waals surface area contributed by atoms with Crippen LogP contribution in [0.25, 0.3) is 0 Å². The summed E-state index contributed by atoms with van der Waals surface area (Å²) in [5.74, 6) is -1.34. The highest BCUT2D eigenvalue weighted by atomic mass is 32.2. The molecule has 7 heteroatoms. The number of esters is 1. The third kappa shape index (κ3) is 8.19. The van der Waals surface area contributed by atoms with Crippen LogP contribution in [0, 0.1) is 0 Å². The van der Waals surface area contributed by atoms with Crippen molar-refractivity contribution in [3.05, 3.63) is 127 Å². The van der Waals surface area contributed by atoms with Crippen LogP contribution in [0.3, 0.4) is 0 Å². The van der Waals surface area contributed by atoms with Gasteiger partial charge in [-0.1, -0.05) is 72.8 Å². The monoisotopic (exact) mass is 492 g/mol. The molecule has 0 heterocycles. The molecule has 4 aromatic rings. The summed E-state index contributed by atoms with van der Waals surface area (Å²) in [6.45, 7) is -0.417. The lowest BCUT2D eigenvalue weighted by atomic mass is 10.2. The second kappa shape index (κ2) is 12.7. The van der Waals surface area contributed by atoms with E-state index in [0.29, 0.717) is 5.56 Å². The minimum atomic E-state index is -4.33. The summed E-state index contributed by atoms with van der Waals surface area (Å²) in [6, 6.07) is 40.3. The second-order valence-electron chi connectivity index (χ2n) is 7.01. The van der Waals surface area contributed by atoms with Gasteiger partial charge in [-0.2, -0.15) is 0 Å². The van der Waals surface area contributed by atoms with Gasteiger partial charge in [0.05, 0.1) is 32.3 Å². The minimum Gasteiger partial charge on any atom is -0.748 e. The molecular formula is C27H24O5S2. The van der Waals surface area contributed by atoms with Gasteiger partial charge in [0, 0.05) is 0 Å².